The Kier molecular flexibility index (Phi) is 4.72. The normalized spacial score (nSPS) is 11.0. The summed E-state index contributed by atoms with van der Waals surface area (Å²) in [6.07, 6.45) is 1.40. The number of benzene rings is 2. The maximum atomic E-state index is 9.28. The number of hydrogen-bond donors (Lipinski definition) is 2. The number of nitrogens with one attached hydrogen (secondary N) is 1. The van der Waals surface area contributed by atoms with E-state index in [0.29, 0.717) is 23.8 Å². The molecule has 0 aliphatic heterocycles. The highest BCUT2D eigenvalue weighted by Crippen LogP contribution is 2.27. The van der Waals surface area contributed by atoms with Gasteiger partial charge in [0.25, 0.3) is 0 Å². The van der Waals surface area contributed by atoms with Gasteiger partial charge in [0, 0.05) is 18.2 Å². The van der Waals surface area contributed by atoms with E-state index in [1.54, 1.807) is 12.1 Å². The van der Waals surface area contributed by atoms with Crippen LogP contribution < -0.4 is 10.1 Å². The van der Waals surface area contributed by atoms with Crippen LogP contribution in [0.2, 0.25) is 0 Å². The third-order valence-electron chi connectivity index (χ3n) is 4.11. The first-order valence-corrected chi connectivity index (χ1v) is 8.62. The van der Waals surface area contributed by atoms with E-state index in [2.05, 4.69) is 27.4 Å². The maximum Gasteiger partial charge on any atom is 0.227 e. The van der Waals surface area contributed by atoms with E-state index in [9.17, 15) is 5.11 Å². The average Bonchev–Trinajstić information content (AvgIpc) is 3.11. The maximum absolute atomic E-state index is 9.28. The Morgan fingerprint density at radius 1 is 1.11 bits per heavy atom. The van der Waals surface area contributed by atoms with Crippen LogP contribution in [0.3, 0.4) is 0 Å². The van der Waals surface area contributed by atoms with Crippen LogP contribution in [0.4, 0.5) is 0 Å². The lowest BCUT2D eigenvalue weighted by Gasteiger charge is -2.05. The molecule has 6 nitrogen and oxygen atoms in total. The molecule has 0 atom stereocenters. The topological polar surface area (TPSA) is 80.4 Å². The van der Waals surface area contributed by atoms with Crippen molar-refractivity contribution in [3.63, 3.8) is 0 Å². The Bertz CT molecular complexity index is 1060. The van der Waals surface area contributed by atoms with Crippen molar-refractivity contribution in [1.82, 2.24) is 15.3 Å². The van der Waals surface area contributed by atoms with Gasteiger partial charge in [-0.1, -0.05) is 12.1 Å². The zero-order valence-corrected chi connectivity index (χ0v) is 14.8. The van der Waals surface area contributed by atoms with E-state index in [1.165, 1.54) is 11.8 Å². The Hall–Kier alpha value is -3.38. The van der Waals surface area contributed by atoms with Gasteiger partial charge in [0.15, 0.2) is 5.58 Å². The fourth-order valence-corrected chi connectivity index (χ4v) is 2.80. The minimum atomic E-state index is 0.133. The Morgan fingerprint density at radius 3 is 2.85 bits per heavy atom. The van der Waals surface area contributed by atoms with Gasteiger partial charge in [-0.05, 0) is 49.0 Å². The lowest BCUT2D eigenvalue weighted by atomic mass is 10.1. The van der Waals surface area contributed by atoms with Gasteiger partial charge in [0.05, 0.1) is 11.9 Å². The van der Waals surface area contributed by atoms with Crippen molar-refractivity contribution in [2.45, 2.75) is 13.2 Å². The number of nitrogens with zero attached hydrogens (tertiary/aromatic N) is 2. The van der Waals surface area contributed by atoms with E-state index >= 15 is 0 Å². The molecule has 6 heteroatoms. The van der Waals surface area contributed by atoms with Crippen LogP contribution in [-0.2, 0) is 13.2 Å². The molecule has 0 fully saturated rings. The zero-order chi connectivity index (χ0) is 18.6. The summed E-state index contributed by atoms with van der Waals surface area (Å²) in [5.41, 5.74) is 4.28. The molecule has 0 spiro atoms. The summed E-state index contributed by atoms with van der Waals surface area (Å²) in [4.78, 5) is 8.70. The Morgan fingerprint density at radius 2 is 2.04 bits per heavy atom. The van der Waals surface area contributed by atoms with Crippen LogP contribution in [0, 0.1) is 0 Å². The molecule has 0 radical (unpaired) electrons. The molecule has 4 aromatic rings. The number of fused-ring (bicyclic) bond motifs is 1. The molecular formula is C21H19N3O3. The smallest absolute Gasteiger partial charge is 0.227 e. The quantitative estimate of drug-likeness (QED) is 0.542. The van der Waals surface area contributed by atoms with E-state index in [0.717, 1.165) is 23.3 Å². The fraction of sp³-hybridized carbons (Fsp3) is 0.143. The van der Waals surface area contributed by atoms with Crippen molar-refractivity contribution in [2.75, 3.05) is 7.05 Å². The van der Waals surface area contributed by atoms with Crippen molar-refractivity contribution in [3.05, 3.63) is 72.1 Å². The summed E-state index contributed by atoms with van der Waals surface area (Å²) >= 11 is 0. The van der Waals surface area contributed by atoms with Crippen molar-refractivity contribution in [2.24, 2.45) is 0 Å². The Labute approximate surface area is 156 Å². The first kappa shape index (κ1) is 17.1. The molecular weight excluding hydrogens is 342 g/mol. The third kappa shape index (κ3) is 3.91. The fourth-order valence-electron chi connectivity index (χ4n) is 2.80. The van der Waals surface area contributed by atoms with E-state index in [1.807, 2.05) is 37.4 Å². The van der Waals surface area contributed by atoms with Gasteiger partial charge in [0.1, 0.15) is 23.6 Å². The second-order valence-corrected chi connectivity index (χ2v) is 6.18. The van der Waals surface area contributed by atoms with Crippen LogP contribution in [0.15, 0.2) is 65.2 Å². The molecule has 4 rings (SSSR count). The van der Waals surface area contributed by atoms with Gasteiger partial charge in [-0.3, -0.25) is 4.98 Å². The van der Waals surface area contributed by atoms with Crippen molar-refractivity contribution in [1.29, 1.82) is 0 Å². The first-order valence-electron chi connectivity index (χ1n) is 8.62. The second kappa shape index (κ2) is 7.47. The third-order valence-corrected chi connectivity index (χ3v) is 4.11. The van der Waals surface area contributed by atoms with Gasteiger partial charge < -0.3 is 19.6 Å². The van der Waals surface area contributed by atoms with Crippen LogP contribution in [0.5, 0.6) is 11.5 Å². The predicted molar refractivity (Wildman–Crippen MR) is 102 cm³/mol. The van der Waals surface area contributed by atoms with Crippen molar-refractivity contribution < 1.29 is 14.3 Å². The van der Waals surface area contributed by atoms with Gasteiger partial charge >= 0.3 is 0 Å². The molecule has 0 saturated heterocycles. The number of aromatic hydroxyl groups is 1. The second-order valence-electron chi connectivity index (χ2n) is 6.18. The van der Waals surface area contributed by atoms with Gasteiger partial charge in [-0.15, -0.1) is 0 Å². The standard InChI is InChI=1S/C21H19N3O3/c1-22-11-14-3-2-4-15(9-14)21-24-19-10-18(7-8-20(19)27-21)26-13-16-5-6-17(25)12-23-16/h2-10,12,22,25H,11,13H2,1H3. The number of hydrogen-bond acceptors (Lipinski definition) is 6. The van der Waals surface area contributed by atoms with E-state index in [4.69, 9.17) is 9.15 Å². The lowest BCUT2D eigenvalue weighted by molar-refractivity contribution is 0.301. The van der Waals surface area contributed by atoms with Gasteiger partial charge in [0.2, 0.25) is 5.89 Å². The molecule has 0 aliphatic rings. The summed E-state index contributed by atoms with van der Waals surface area (Å²) in [7, 11) is 1.92. The number of ether oxygens (including phenoxy) is 1. The summed E-state index contributed by atoms with van der Waals surface area (Å²) in [5.74, 6) is 1.40. The highest BCUT2D eigenvalue weighted by molar-refractivity contribution is 5.77. The molecule has 0 amide bonds. The van der Waals surface area contributed by atoms with Crippen molar-refractivity contribution in [3.8, 4) is 23.0 Å². The average molecular weight is 361 g/mol. The molecule has 136 valence electrons. The number of pyridine rings is 1. The van der Waals surface area contributed by atoms with E-state index in [-0.39, 0.29) is 5.75 Å². The molecule has 27 heavy (non-hydrogen) atoms. The number of aromatic nitrogens is 2. The SMILES string of the molecule is CNCc1cccc(-c2nc3cc(OCc4ccc(O)cn4)ccc3o2)c1. The molecule has 0 bridgehead atoms. The first-order chi connectivity index (χ1) is 13.2. The minimum Gasteiger partial charge on any atom is -0.506 e. The largest absolute Gasteiger partial charge is 0.506 e. The zero-order valence-electron chi connectivity index (χ0n) is 14.8. The molecule has 0 saturated carbocycles. The van der Waals surface area contributed by atoms with Gasteiger partial charge in [-0.25, -0.2) is 4.98 Å². The summed E-state index contributed by atoms with van der Waals surface area (Å²) in [6, 6.07) is 17.0. The summed E-state index contributed by atoms with van der Waals surface area (Å²) in [6.45, 7) is 1.10. The minimum absolute atomic E-state index is 0.133. The van der Waals surface area contributed by atoms with Gasteiger partial charge in [-0.2, -0.15) is 0 Å². The Balaban J connectivity index is 1.54. The number of oxazole rings is 1. The molecule has 0 unspecified atom stereocenters. The monoisotopic (exact) mass is 361 g/mol. The van der Waals surface area contributed by atoms with Crippen LogP contribution >= 0.6 is 0 Å². The highest BCUT2D eigenvalue weighted by atomic mass is 16.5. The highest BCUT2D eigenvalue weighted by Gasteiger charge is 2.10. The summed E-state index contributed by atoms with van der Waals surface area (Å²) < 4.78 is 11.7. The molecule has 0 aliphatic carbocycles. The molecule has 2 aromatic heterocycles. The molecule has 2 aromatic carbocycles. The molecule has 2 heterocycles. The van der Waals surface area contributed by atoms with Crippen LogP contribution in [0.25, 0.3) is 22.6 Å². The predicted octanol–water partition coefficient (Wildman–Crippen LogP) is 3.89. The van der Waals surface area contributed by atoms with E-state index < -0.39 is 0 Å². The van der Waals surface area contributed by atoms with Crippen molar-refractivity contribution >= 4 is 11.1 Å². The van der Waals surface area contributed by atoms with Crippen LogP contribution in [-0.4, -0.2) is 22.1 Å². The number of rotatable bonds is 6. The summed E-state index contributed by atoms with van der Waals surface area (Å²) in [5, 5.41) is 12.4. The molecule has 2 N–H and O–H groups in total. The lowest BCUT2D eigenvalue weighted by Crippen LogP contribution is -2.04. The van der Waals surface area contributed by atoms with Crippen LogP contribution in [0.1, 0.15) is 11.3 Å².